The molecule has 7 rings (SSSR count). The van der Waals surface area contributed by atoms with Gasteiger partial charge < -0.3 is 38.3 Å². The van der Waals surface area contributed by atoms with Crippen molar-refractivity contribution < 1.29 is 47.4 Å². The number of aromatic nitrogens is 1. The second-order valence-electron chi connectivity index (χ2n) is 19.2. The van der Waals surface area contributed by atoms with Gasteiger partial charge in [0.15, 0.2) is 25.4 Å². The highest BCUT2D eigenvalue weighted by Crippen LogP contribution is 2.59. The fourth-order valence-corrected chi connectivity index (χ4v) is 10.2. The molecular weight excluding hydrogens is 795 g/mol. The number of aliphatic hydroxyl groups excluding tert-OH is 1. The summed E-state index contributed by atoms with van der Waals surface area (Å²) in [4.78, 5) is 47.0. The number of fused-ring (bicyclic) bond motifs is 5. The largest absolute Gasteiger partial charge is 0.514 e. The van der Waals surface area contributed by atoms with E-state index >= 15 is 9.59 Å². The third-order valence-corrected chi connectivity index (χ3v) is 17.0. The van der Waals surface area contributed by atoms with Gasteiger partial charge in [0.05, 0.1) is 18.2 Å². The summed E-state index contributed by atoms with van der Waals surface area (Å²) < 4.78 is 36.4. The number of ether oxygens (including phenoxy) is 4. The van der Waals surface area contributed by atoms with Crippen LogP contribution in [0.3, 0.4) is 0 Å². The summed E-state index contributed by atoms with van der Waals surface area (Å²) in [5.74, 6) is -2.49. The molecule has 2 N–H and O–H groups in total. The standard InChI is InChI=1S/C47H59N3O10Si/c1-45(2,3)58-44(54)57-39-32-21-28(25-48-19-20-55-9)17-18-29(32)22-30-23-31-24-33-37(50(7)8)40-36(43(49-59-40)56-26-27-15-13-12-14-16-27)42(53)47(33,60-61(10,11)46(4,5)6)41(52)35(31)38(51)34(30)39/h12-18,21-22,31,33,37,48,51H,19-20,23-26H2,1-11H3/t31-,33-,37-,47-/m0/s1. The number of hydrogen-bond acceptors (Lipinski definition) is 13. The minimum absolute atomic E-state index is 0.0264. The molecule has 4 atom stereocenters. The smallest absolute Gasteiger partial charge is 0.507 e. The van der Waals surface area contributed by atoms with Crippen molar-refractivity contribution >= 4 is 42.6 Å². The molecule has 3 aliphatic carbocycles. The van der Waals surface area contributed by atoms with E-state index < -0.39 is 60.2 Å². The van der Waals surface area contributed by atoms with E-state index in [1.54, 1.807) is 27.9 Å². The molecule has 0 saturated heterocycles. The van der Waals surface area contributed by atoms with E-state index in [1.165, 1.54) is 0 Å². The van der Waals surface area contributed by atoms with E-state index in [0.29, 0.717) is 49.2 Å². The number of hydrogen-bond donors (Lipinski definition) is 2. The van der Waals surface area contributed by atoms with Gasteiger partial charge in [-0.05, 0) is 105 Å². The zero-order valence-corrected chi connectivity index (χ0v) is 38.2. The van der Waals surface area contributed by atoms with Crippen LogP contribution in [-0.2, 0) is 38.3 Å². The maximum absolute atomic E-state index is 15.9. The summed E-state index contributed by atoms with van der Waals surface area (Å²) in [6, 6.07) is 16.7. The number of aliphatic hydroxyl groups is 1. The third kappa shape index (κ3) is 8.16. The van der Waals surface area contributed by atoms with E-state index in [1.807, 2.05) is 86.7 Å². The van der Waals surface area contributed by atoms with Crippen LogP contribution < -0.4 is 14.8 Å². The number of Topliss-reactive ketones (excluding diaryl/α,β-unsaturated/α-hetero) is 2. The fourth-order valence-electron chi connectivity index (χ4n) is 8.73. The Morgan fingerprint density at radius 3 is 2.38 bits per heavy atom. The summed E-state index contributed by atoms with van der Waals surface area (Å²) in [7, 11) is 2.43. The summed E-state index contributed by atoms with van der Waals surface area (Å²) >= 11 is 0. The Morgan fingerprint density at radius 1 is 1.00 bits per heavy atom. The molecule has 0 bridgehead atoms. The van der Waals surface area contributed by atoms with Gasteiger partial charge in [-0.3, -0.25) is 14.5 Å². The Kier molecular flexibility index (Phi) is 11.9. The monoisotopic (exact) mass is 853 g/mol. The molecule has 1 fully saturated rings. The van der Waals surface area contributed by atoms with E-state index in [2.05, 4.69) is 31.2 Å². The van der Waals surface area contributed by atoms with Crippen molar-refractivity contribution in [1.29, 1.82) is 0 Å². The maximum Gasteiger partial charge on any atom is 0.514 e. The number of ketones is 2. The van der Waals surface area contributed by atoms with E-state index in [-0.39, 0.29) is 40.7 Å². The highest BCUT2D eigenvalue weighted by atomic mass is 28.4. The van der Waals surface area contributed by atoms with Crippen molar-refractivity contribution in [2.45, 2.75) is 103 Å². The van der Waals surface area contributed by atoms with Gasteiger partial charge in [-0.1, -0.05) is 69.3 Å². The van der Waals surface area contributed by atoms with Crippen LogP contribution in [0.1, 0.15) is 92.4 Å². The molecule has 3 aliphatic rings. The summed E-state index contributed by atoms with van der Waals surface area (Å²) in [5.41, 5.74) is -0.194. The summed E-state index contributed by atoms with van der Waals surface area (Å²) in [6.45, 7) is 17.2. The average Bonchev–Trinajstić information content (AvgIpc) is 3.59. The lowest BCUT2D eigenvalue weighted by Gasteiger charge is -2.55. The van der Waals surface area contributed by atoms with Crippen LogP contribution in [0.25, 0.3) is 16.5 Å². The summed E-state index contributed by atoms with van der Waals surface area (Å²) in [5, 5.41) is 21.2. The van der Waals surface area contributed by atoms with Crippen LogP contribution in [-0.4, -0.2) is 86.8 Å². The lowest BCUT2D eigenvalue weighted by atomic mass is 9.57. The molecule has 14 heteroatoms. The van der Waals surface area contributed by atoms with Crippen LogP contribution in [0, 0.1) is 11.8 Å². The molecule has 326 valence electrons. The second kappa shape index (κ2) is 16.4. The zero-order valence-electron chi connectivity index (χ0n) is 37.2. The molecule has 1 saturated carbocycles. The maximum atomic E-state index is 15.9. The molecule has 0 amide bonds. The molecule has 13 nitrogen and oxygen atoms in total. The van der Waals surface area contributed by atoms with Gasteiger partial charge in [-0.25, -0.2) is 4.79 Å². The quantitative estimate of drug-likeness (QED) is 0.0459. The lowest BCUT2D eigenvalue weighted by Crippen LogP contribution is -2.68. The van der Waals surface area contributed by atoms with Crippen molar-refractivity contribution in [2.75, 3.05) is 34.4 Å². The zero-order chi connectivity index (χ0) is 44.2. The van der Waals surface area contributed by atoms with Gasteiger partial charge in [-0.2, -0.15) is 0 Å². The van der Waals surface area contributed by atoms with Gasteiger partial charge >= 0.3 is 6.16 Å². The van der Waals surface area contributed by atoms with E-state index in [0.717, 1.165) is 16.5 Å². The van der Waals surface area contributed by atoms with Crippen LogP contribution in [0.4, 0.5) is 4.79 Å². The van der Waals surface area contributed by atoms with Gasteiger partial charge in [0.1, 0.15) is 23.5 Å². The topological polar surface area (TPSA) is 159 Å². The molecule has 61 heavy (non-hydrogen) atoms. The molecule has 1 heterocycles. The highest BCUT2D eigenvalue weighted by molar-refractivity contribution is 6.74. The van der Waals surface area contributed by atoms with Gasteiger partial charge in [-0.15, -0.1) is 0 Å². The normalized spacial score (nSPS) is 21.5. The lowest BCUT2D eigenvalue weighted by molar-refractivity contribution is -0.140. The first-order valence-electron chi connectivity index (χ1n) is 20.9. The minimum atomic E-state index is -2.97. The molecule has 3 aromatic carbocycles. The number of rotatable bonds is 12. The number of carbonyl (C=O) groups is 3. The summed E-state index contributed by atoms with van der Waals surface area (Å²) in [6.07, 6.45) is -0.352. The molecule has 0 unspecified atom stereocenters. The van der Waals surface area contributed by atoms with Gasteiger partial charge in [0.2, 0.25) is 11.6 Å². The predicted octanol–water partition coefficient (Wildman–Crippen LogP) is 8.75. The Bertz CT molecular complexity index is 2370. The Labute approximate surface area is 358 Å². The molecule has 0 radical (unpaired) electrons. The van der Waals surface area contributed by atoms with Crippen LogP contribution in [0.15, 0.2) is 64.7 Å². The Hall–Kier alpha value is -4.86. The Morgan fingerprint density at radius 2 is 1.72 bits per heavy atom. The van der Waals surface area contributed by atoms with Gasteiger partial charge in [0, 0.05) is 37.1 Å². The predicted molar refractivity (Wildman–Crippen MR) is 233 cm³/mol. The number of carbonyl (C=O) groups excluding carboxylic acids is 3. The van der Waals surface area contributed by atoms with E-state index in [4.69, 9.17) is 27.9 Å². The van der Waals surface area contributed by atoms with Crippen molar-refractivity contribution in [3.63, 3.8) is 0 Å². The van der Waals surface area contributed by atoms with Crippen molar-refractivity contribution in [3.8, 4) is 11.6 Å². The van der Waals surface area contributed by atoms with Crippen molar-refractivity contribution in [3.05, 3.63) is 93.7 Å². The van der Waals surface area contributed by atoms with Crippen LogP contribution in [0.2, 0.25) is 18.1 Å². The molecule has 0 spiro atoms. The Balaban J connectivity index is 1.43. The first-order valence-corrected chi connectivity index (χ1v) is 23.8. The second-order valence-corrected chi connectivity index (χ2v) is 23.9. The molecule has 1 aromatic heterocycles. The van der Waals surface area contributed by atoms with Gasteiger partial charge in [0.25, 0.3) is 5.88 Å². The fraction of sp³-hybridized carbons (Fsp3) is 0.489. The number of nitrogens with one attached hydrogen (secondary N) is 1. The van der Waals surface area contributed by atoms with Crippen molar-refractivity contribution in [1.82, 2.24) is 15.4 Å². The van der Waals surface area contributed by atoms with E-state index in [9.17, 15) is 9.90 Å². The number of benzene rings is 3. The third-order valence-electron chi connectivity index (χ3n) is 12.5. The first kappa shape index (κ1) is 44.2. The number of nitrogens with zero attached hydrogens (tertiary/aromatic N) is 2. The average molecular weight is 854 g/mol. The highest BCUT2D eigenvalue weighted by Gasteiger charge is 2.69. The molecular formula is C47H59N3O10Si. The number of methoxy groups -OCH3 is 1. The molecule has 4 aromatic rings. The van der Waals surface area contributed by atoms with Crippen LogP contribution in [0.5, 0.6) is 11.6 Å². The van der Waals surface area contributed by atoms with Crippen LogP contribution >= 0.6 is 0 Å². The molecule has 0 aliphatic heterocycles. The minimum Gasteiger partial charge on any atom is -0.507 e. The SMILES string of the molecule is COCCNCc1ccc2cc3c(c(OC(=O)OC(C)(C)C)c2c1)C(O)=C1C(=O)[C@]2(O[Si](C)(C)C(C)(C)C)C(=O)c4c(OCc5ccccc5)noc4[C@@H](N(C)C)[C@@H]2C[C@@H]1C3. The van der Waals surface area contributed by atoms with Crippen molar-refractivity contribution in [2.24, 2.45) is 11.8 Å². The first-order chi connectivity index (χ1) is 28.7.